The van der Waals surface area contributed by atoms with E-state index in [9.17, 15) is 8.78 Å². The number of likely N-dealkylation sites (N-methyl/N-ethyl adjacent to an activating group) is 1. The molecule has 0 N–H and O–H groups in total. The number of benzene rings is 3. The highest BCUT2D eigenvalue weighted by Gasteiger charge is 2.26. The molecule has 182 valence electrons. The maximum absolute atomic E-state index is 14.0. The van der Waals surface area contributed by atoms with Gasteiger partial charge in [0.1, 0.15) is 24.3 Å². The summed E-state index contributed by atoms with van der Waals surface area (Å²) in [7, 11) is 4.51. The minimum atomic E-state index is -0.484. The normalized spacial score (nSPS) is 12.6. The van der Waals surface area contributed by atoms with Crippen LogP contribution in [0.5, 0.6) is 0 Å². The summed E-state index contributed by atoms with van der Waals surface area (Å²) in [5.74, 6) is -0.968. The van der Waals surface area contributed by atoms with Crippen molar-refractivity contribution in [3.8, 4) is 0 Å². The predicted octanol–water partition coefficient (Wildman–Crippen LogP) is 6.98. The summed E-state index contributed by atoms with van der Waals surface area (Å²) in [5.41, 5.74) is 5.18. The number of aryl methyl sites for hydroxylation is 3. The molecule has 0 aliphatic carbocycles. The zero-order chi connectivity index (χ0) is 24.6. The first-order valence-electron chi connectivity index (χ1n) is 12.2. The largest absolute Gasteiger partial charge is 0.368 e. The Bertz CT molecular complexity index is 1010. The lowest BCUT2D eigenvalue weighted by atomic mass is 9.97. The smallest absolute Gasteiger partial charge is 0.132 e. The fourth-order valence-electron chi connectivity index (χ4n) is 4.70. The van der Waals surface area contributed by atoms with E-state index in [1.807, 2.05) is 0 Å². The summed E-state index contributed by atoms with van der Waals surface area (Å²) in [5, 5.41) is 0. The number of rotatable bonds is 12. The first kappa shape index (κ1) is 26.1. The van der Waals surface area contributed by atoms with E-state index in [1.54, 1.807) is 0 Å². The van der Waals surface area contributed by atoms with Crippen molar-refractivity contribution >= 4 is 0 Å². The number of nitrogens with zero attached hydrogens (tertiary/aromatic N) is 1. The van der Waals surface area contributed by atoms with Crippen molar-refractivity contribution in [2.45, 2.75) is 45.6 Å². The molecule has 0 radical (unpaired) electrons. The third-order valence-electron chi connectivity index (χ3n) is 6.55. The van der Waals surface area contributed by atoms with Gasteiger partial charge in [0, 0.05) is 18.6 Å². The van der Waals surface area contributed by atoms with Crippen LogP contribution >= 0.6 is 0 Å². The van der Waals surface area contributed by atoms with Crippen molar-refractivity contribution in [1.82, 2.24) is 0 Å². The highest BCUT2D eigenvalue weighted by molar-refractivity contribution is 5.35. The van der Waals surface area contributed by atoms with Gasteiger partial charge in [0.25, 0.3) is 0 Å². The van der Waals surface area contributed by atoms with E-state index in [2.05, 4.69) is 76.5 Å². The van der Waals surface area contributed by atoms with Crippen LogP contribution < -0.4 is 0 Å². The molecule has 34 heavy (non-hydrogen) atoms. The Labute approximate surface area is 203 Å². The lowest BCUT2D eigenvalue weighted by molar-refractivity contribution is -0.894. The van der Waals surface area contributed by atoms with E-state index in [-0.39, 0.29) is 11.7 Å². The lowest BCUT2D eigenvalue weighted by Gasteiger charge is -2.34. The molecule has 0 amide bonds. The molecule has 0 aromatic heterocycles. The Morgan fingerprint density at radius 1 is 0.765 bits per heavy atom. The molecule has 3 rings (SSSR count). The van der Waals surface area contributed by atoms with E-state index in [0.29, 0.717) is 19.4 Å². The fraction of sp³-hybridized carbons (Fsp3) is 0.400. The van der Waals surface area contributed by atoms with Gasteiger partial charge in [0.05, 0.1) is 20.6 Å². The first-order chi connectivity index (χ1) is 16.3. The summed E-state index contributed by atoms with van der Waals surface area (Å²) in [6.07, 6.45) is 2.99. The zero-order valence-corrected chi connectivity index (χ0v) is 21.0. The molecule has 3 aromatic carbocycles. The molecule has 4 heteroatoms. The standard InChI is InChI=1S/C30H38F2NO/c1-23-12-8-13-24(2)30(23)29(34-21-11-17-26-27(31)18-9-19-28(26)32)22-33(3,4)20-10-16-25-14-6-5-7-15-25/h5-9,12-15,18-19,29H,10-11,16-17,20-22H2,1-4H3/q+1. The van der Waals surface area contributed by atoms with Crippen LogP contribution in [0, 0.1) is 25.5 Å². The molecule has 0 aliphatic rings. The van der Waals surface area contributed by atoms with Gasteiger partial charge < -0.3 is 9.22 Å². The maximum Gasteiger partial charge on any atom is 0.132 e. The third kappa shape index (κ3) is 7.48. The molecule has 0 spiro atoms. The molecular formula is C30H38F2NO+. The van der Waals surface area contributed by atoms with E-state index >= 15 is 0 Å². The Morgan fingerprint density at radius 3 is 2.03 bits per heavy atom. The van der Waals surface area contributed by atoms with Crippen molar-refractivity contribution in [2.75, 3.05) is 33.8 Å². The zero-order valence-electron chi connectivity index (χ0n) is 21.0. The van der Waals surface area contributed by atoms with Gasteiger partial charge in [-0.15, -0.1) is 0 Å². The van der Waals surface area contributed by atoms with Crippen LogP contribution in [0.4, 0.5) is 8.78 Å². The van der Waals surface area contributed by atoms with Crippen molar-refractivity contribution in [3.05, 3.63) is 106 Å². The molecule has 0 aliphatic heterocycles. The quantitative estimate of drug-likeness (QED) is 0.207. The molecular weight excluding hydrogens is 428 g/mol. The van der Waals surface area contributed by atoms with E-state index in [1.165, 1.54) is 40.5 Å². The van der Waals surface area contributed by atoms with Crippen LogP contribution in [0.15, 0.2) is 66.7 Å². The van der Waals surface area contributed by atoms with Gasteiger partial charge in [-0.05, 0) is 67.5 Å². The first-order valence-corrected chi connectivity index (χ1v) is 12.2. The van der Waals surface area contributed by atoms with Gasteiger partial charge in [-0.3, -0.25) is 0 Å². The SMILES string of the molecule is Cc1cccc(C)c1C(C[N+](C)(C)CCCc1ccccc1)OCCCc1c(F)cccc1F. The Balaban J connectivity index is 1.64. The molecule has 1 atom stereocenters. The van der Waals surface area contributed by atoms with Gasteiger partial charge >= 0.3 is 0 Å². The molecule has 0 saturated heterocycles. The second kappa shape index (κ2) is 12.2. The van der Waals surface area contributed by atoms with E-state index in [0.717, 1.165) is 30.4 Å². The lowest BCUT2D eigenvalue weighted by Crippen LogP contribution is -2.44. The molecule has 0 fully saturated rings. The van der Waals surface area contributed by atoms with Crippen molar-refractivity contribution in [2.24, 2.45) is 0 Å². The van der Waals surface area contributed by atoms with Crippen LogP contribution in [0.2, 0.25) is 0 Å². The summed E-state index contributed by atoms with van der Waals surface area (Å²) in [6, 6.07) is 21.0. The summed E-state index contributed by atoms with van der Waals surface area (Å²) in [6.45, 7) is 6.59. The summed E-state index contributed by atoms with van der Waals surface area (Å²) < 4.78 is 35.2. The van der Waals surface area contributed by atoms with Gasteiger partial charge in [-0.1, -0.05) is 54.6 Å². The van der Waals surface area contributed by atoms with Crippen molar-refractivity contribution < 1.29 is 18.0 Å². The second-order valence-corrected chi connectivity index (χ2v) is 9.90. The number of halogens is 2. The van der Waals surface area contributed by atoms with E-state index in [4.69, 9.17) is 4.74 Å². The van der Waals surface area contributed by atoms with Crippen molar-refractivity contribution in [3.63, 3.8) is 0 Å². The Morgan fingerprint density at radius 2 is 1.38 bits per heavy atom. The van der Waals surface area contributed by atoms with Crippen molar-refractivity contribution in [1.29, 1.82) is 0 Å². The van der Waals surface area contributed by atoms with Crippen LogP contribution in [-0.2, 0) is 17.6 Å². The Hall–Kier alpha value is -2.56. The van der Waals surface area contributed by atoms with Crippen LogP contribution in [0.3, 0.4) is 0 Å². The summed E-state index contributed by atoms with van der Waals surface area (Å²) in [4.78, 5) is 0. The molecule has 0 heterocycles. The number of hydrogen-bond donors (Lipinski definition) is 0. The van der Waals surface area contributed by atoms with Gasteiger partial charge in [0.15, 0.2) is 0 Å². The van der Waals surface area contributed by atoms with Gasteiger partial charge in [0.2, 0.25) is 0 Å². The predicted molar refractivity (Wildman–Crippen MR) is 136 cm³/mol. The van der Waals surface area contributed by atoms with Crippen LogP contribution in [-0.4, -0.2) is 38.3 Å². The average molecular weight is 467 g/mol. The number of hydrogen-bond acceptors (Lipinski definition) is 1. The minimum absolute atomic E-state index is 0.0709. The highest BCUT2D eigenvalue weighted by atomic mass is 19.1. The third-order valence-corrected chi connectivity index (χ3v) is 6.55. The Kier molecular flexibility index (Phi) is 9.37. The topological polar surface area (TPSA) is 9.23 Å². The van der Waals surface area contributed by atoms with Crippen LogP contribution in [0.25, 0.3) is 0 Å². The van der Waals surface area contributed by atoms with Crippen LogP contribution in [0.1, 0.15) is 46.8 Å². The molecule has 1 unspecified atom stereocenters. The molecule has 0 bridgehead atoms. The highest BCUT2D eigenvalue weighted by Crippen LogP contribution is 2.28. The fourth-order valence-corrected chi connectivity index (χ4v) is 4.70. The maximum atomic E-state index is 14.0. The second-order valence-electron chi connectivity index (χ2n) is 9.90. The monoisotopic (exact) mass is 466 g/mol. The average Bonchev–Trinajstić information content (AvgIpc) is 2.78. The minimum Gasteiger partial charge on any atom is -0.368 e. The molecule has 3 aromatic rings. The van der Waals surface area contributed by atoms with Gasteiger partial charge in [-0.25, -0.2) is 8.78 Å². The van der Waals surface area contributed by atoms with E-state index < -0.39 is 11.6 Å². The number of quaternary nitrogens is 1. The van der Waals surface area contributed by atoms with Gasteiger partial charge in [-0.2, -0.15) is 0 Å². The molecule has 2 nitrogen and oxygen atoms in total. The summed E-state index contributed by atoms with van der Waals surface area (Å²) >= 11 is 0. The number of ether oxygens (including phenoxy) is 1. The molecule has 0 saturated carbocycles.